The van der Waals surface area contributed by atoms with Crippen LogP contribution in [0.1, 0.15) is 26.3 Å². The largest absolute Gasteiger partial charge is 0.443 e. The van der Waals surface area contributed by atoms with E-state index in [0.29, 0.717) is 6.07 Å². The number of alkyl halides is 3. The van der Waals surface area contributed by atoms with Crippen LogP contribution in [-0.2, 0) is 10.9 Å². The Hall–Kier alpha value is -3.21. The Balaban J connectivity index is 2.10. The van der Waals surface area contributed by atoms with E-state index in [9.17, 15) is 26.7 Å². The van der Waals surface area contributed by atoms with Crippen molar-refractivity contribution in [2.45, 2.75) is 32.5 Å². The lowest BCUT2D eigenvalue weighted by Gasteiger charge is -2.26. The molecule has 0 aliphatic heterocycles. The first-order valence-electron chi connectivity index (χ1n) is 9.17. The zero-order valence-corrected chi connectivity index (χ0v) is 17.9. The normalized spacial score (nSPS) is 12.0. The monoisotopic (exact) mass is 471 g/mol. The molecule has 0 spiro atoms. The smallest absolute Gasteiger partial charge is 0.421 e. The number of hydrogen-bond acceptors (Lipinski definition) is 5. The van der Waals surface area contributed by atoms with Crippen molar-refractivity contribution in [3.8, 4) is 11.3 Å². The lowest BCUT2D eigenvalue weighted by atomic mass is 10.1. The zero-order chi connectivity index (χ0) is 23.8. The van der Waals surface area contributed by atoms with Gasteiger partial charge in [0.05, 0.1) is 22.6 Å². The van der Waals surface area contributed by atoms with Gasteiger partial charge in [-0.05, 0) is 45.0 Å². The maximum absolute atomic E-state index is 14.3. The Kier molecular flexibility index (Phi) is 6.14. The first-order chi connectivity index (χ1) is 14.8. The number of halogens is 5. The average Bonchev–Trinajstić information content (AvgIpc) is 3.12. The van der Waals surface area contributed by atoms with Crippen LogP contribution in [0.15, 0.2) is 41.8 Å². The molecule has 170 valence electrons. The van der Waals surface area contributed by atoms with Gasteiger partial charge in [0.25, 0.3) is 0 Å². The molecule has 0 atom stereocenters. The van der Waals surface area contributed by atoms with Crippen molar-refractivity contribution in [2.24, 2.45) is 0 Å². The van der Waals surface area contributed by atoms with Crippen LogP contribution in [-0.4, -0.2) is 16.7 Å². The van der Waals surface area contributed by atoms with Gasteiger partial charge in [0.15, 0.2) is 5.13 Å². The number of nitrogen functional groups attached to an aromatic ring is 1. The lowest BCUT2D eigenvalue weighted by molar-refractivity contribution is -0.137. The molecule has 1 heterocycles. The quantitative estimate of drug-likeness (QED) is 0.338. The molecule has 0 unspecified atom stereocenters. The summed E-state index contributed by atoms with van der Waals surface area (Å²) in [7, 11) is 0. The van der Waals surface area contributed by atoms with Crippen LogP contribution in [0.25, 0.3) is 11.3 Å². The second kappa shape index (κ2) is 8.38. The highest BCUT2D eigenvalue weighted by molar-refractivity contribution is 7.14. The zero-order valence-electron chi connectivity index (χ0n) is 17.1. The van der Waals surface area contributed by atoms with E-state index in [-0.39, 0.29) is 27.8 Å². The topological polar surface area (TPSA) is 68.5 Å². The fourth-order valence-corrected chi connectivity index (χ4v) is 3.51. The minimum Gasteiger partial charge on any atom is -0.443 e. The van der Waals surface area contributed by atoms with E-state index >= 15 is 0 Å². The van der Waals surface area contributed by atoms with Gasteiger partial charge in [-0.15, -0.1) is 11.3 Å². The summed E-state index contributed by atoms with van der Waals surface area (Å²) in [4.78, 5) is 17.9. The maximum Gasteiger partial charge on any atom is 0.421 e. The van der Waals surface area contributed by atoms with E-state index in [2.05, 4.69) is 4.98 Å². The molecule has 1 aromatic heterocycles. The van der Waals surface area contributed by atoms with Crippen LogP contribution in [0.3, 0.4) is 0 Å². The first kappa shape index (κ1) is 23.5. The second-order valence-electron chi connectivity index (χ2n) is 7.73. The number of rotatable bonds is 3. The van der Waals surface area contributed by atoms with Gasteiger partial charge in [-0.1, -0.05) is 6.07 Å². The molecule has 0 fully saturated rings. The first-order valence-corrected chi connectivity index (χ1v) is 10.0. The second-order valence-corrected chi connectivity index (χ2v) is 8.57. The van der Waals surface area contributed by atoms with E-state index in [1.165, 1.54) is 11.4 Å². The lowest BCUT2D eigenvalue weighted by Crippen LogP contribution is -2.34. The summed E-state index contributed by atoms with van der Waals surface area (Å²) in [6.45, 7) is 4.79. The van der Waals surface area contributed by atoms with Gasteiger partial charge in [0.2, 0.25) is 0 Å². The van der Waals surface area contributed by atoms with Gasteiger partial charge in [0, 0.05) is 17.0 Å². The molecule has 0 saturated carbocycles. The van der Waals surface area contributed by atoms with Crippen LogP contribution in [0, 0.1) is 11.6 Å². The Bertz CT molecular complexity index is 1160. The molecule has 11 heteroatoms. The summed E-state index contributed by atoms with van der Waals surface area (Å²) < 4.78 is 72.7. The molecular weight excluding hydrogens is 453 g/mol. The van der Waals surface area contributed by atoms with Crippen molar-refractivity contribution < 1.29 is 31.5 Å². The Morgan fingerprint density at radius 1 is 1.09 bits per heavy atom. The van der Waals surface area contributed by atoms with Crippen LogP contribution in [0.4, 0.5) is 43.3 Å². The molecule has 1 amide bonds. The number of nitrogens with zero attached hydrogens (tertiary/aromatic N) is 2. The van der Waals surface area contributed by atoms with Gasteiger partial charge >= 0.3 is 12.3 Å². The fourth-order valence-electron chi connectivity index (χ4n) is 2.68. The number of carbonyl (C=O) groups is 1. The number of thiazole rings is 1. The van der Waals surface area contributed by atoms with Gasteiger partial charge in [-0.25, -0.2) is 23.5 Å². The Morgan fingerprint density at radius 3 is 2.41 bits per heavy atom. The molecule has 2 aromatic carbocycles. The van der Waals surface area contributed by atoms with Crippen molar-refractivity contribution in [1.29, 1.82) is 0 Å². The summed E-state index contributed by atoms with van der Waals surface area (Å²) in [6.07, 6.45) is -5.62. The van der Waals surface area contributed by atoms with Gasteiger partial charge in [0.1, 0.15) is 17.2 Å². The molecule has 0 aliphatic carbocycles. The van der Waals surface area contributed by atoms with Crippen molar-refractivity contribution >= 4 is 33.9 Å². The van der Waals surface area contributed by atoms with E-state index in [0.717, 1.165) is 40.5 Å². The number of hydrogen-bond donors (Lipinski definition) is 1. The minimum atomic E-state index is -4.64. The summed E-state index contributed by atoms with van der Waals surface area (Å²) in [5.41, 5.74) is 3.02. The number of nitrogens with two attached hydrogens (primary N) is 1. The molecular formula is C21H18F5N3O2S. The highest BCUT2D eigenvalue weighted by Gasteiger charge is 2.33. The number of benzene rings is 2. The summed E-state index contributed by atoms with van der Waals surface area (Å²) >= 11 is 0.865. The number of anilines is 3. The maximum atomic E-state index is 14.3. The number of amides is 1. The van der Waals surface area contributed by atoms with Crippen molar-refractivity contribution in [3.05, 3.63) is 59.0 Å². The predicted octanol–water partition coefficient (Wildman–Crippen LogP) is 6.76. The van der Waals surface area contributed by atoms with E-state index in [4.69, 9.17) is 10.5 Å². The van der Waals surface area contributed by atoms with Crippen LogP contribution >= 0.6 is 11.3 Å². The van der Waals surface area contributed by atoms with Crippen molar-refractivity contribution in [3.63, 3.8) is 0 Å². The summed E-state index contributed by atoms with van der Waals surface area (Å²) in [6, 6.07) is 5.72. The SMILES string of the molecule is CC(C)(C)OC(=O)N(c1cccc(C(F)(F)F)c1)c1nc(-c2cc(N)c(F)cc2F)cs1. The van der Waals surface area contributed by atoms with E-state index in [1.54, 1.807) is 20.8 Å². The van der Waals surface area contributed by atoms with Crippen molar-refractivity contribution in [1.82, 2.24) is 4.98 Å². The molecule has 0 bridgehead atoms. The molecule has 32 heavy (non-hydrogen) atoms. The molecule has 5 nitrogen and oxygen atoms in total. The molecule has 3 rings (SSSR count). The van der Waals surface area contributed by atoms with Gasteiger partial charge < -0.3 is 10.5 Å². The summed E-state index contributed by atoms with van der Waals surface area (Å²) in [5.74, 6) is -1.88. The average molecular weight is 471 g/mol. The van der Waals surface area contributed by atoms with Gasteiger partial charge in [-0.3, -0.25) is 0 Å². The van der Waals surface area contributed by atoms with Crippen LogP contribution < -0.4 is 10.6 Å². The summed E-state index contributed by atoms with van der Waals surface area (Å²) in [5, 5.41) is 1.30. The fraction of sp³-hybridized carbons (Fsp3) is 0.238. The number of aromatic nitrogens is 1. The molecule has 0 radical (unpaired) electrons. The number of ether oxygens (including phenoxy) is 1. The minimum absolute atomic E-state index is 0.0229. The van der Waals surface area contributed by atoms with E-state index in [1.807, 2.05) is 0 Å². The van der Waals surface area contributed by atoms with Crippen molar-refractivity contribution in [2.75, 3.05) is 10.6 Å². The Labute approximate surface area is 184 Å². The molecule has 0 aliphatic rings. The molecule has 0 saturated heterocycles. The molecule has 2 N–H and O–H groups in total. The van der Waals surface area contributed by atoms with E-state index < -0.39 is 35.1 Å². The Morgan fingerprint density at radius 2 is 1.78 bits per heavy atom. The third kappa shape index (κ3) is 5.16. The standard InChI is InChI=1S/C21H18F5N3O2S/c1-20(2,3)31-19(30)29(12-6-4-5-11(7-12)21(24,25)26)18-28-17(10-32-18)13-8-16(27)15(23)9-14(13)22/h4-10H,27H2,1-3H3. The van der Waals surface area contributed by atoms with Crippen LogP contribution in [0.5, 0.6) is 0 Å². The third-order valence-corrected chi connectivity index (χ3v) is 4.88. The van der Waals surface area contributed by atoms with Crippen LogP contribution in [0.2, 0.25) is 0 Å². The predicted molar refractivity (Wildman–Crippen MR) is 112 cm³/mol. The number of carbonyl (C=O) groups excluding carboxylic acids is 1. The third-order valence-electron chi connectivity index (χ3n) is 4.05. The highest BCUT2D eigenvalue weighted by atomic mass is 32.1. The molecule has 3 aromatic rings. The van der Waals surface area contributed by atoms with Gasteiger partial charge in [-0.2, -0.15) is 13.2 Å². The highest BCUT2D eigenvalue weighted by Crippen LogP contribution is 2.37.